The monoisotopic (exact) mass is 241 g/mol. The van der Waals surface area contributed by atoms with Gasteiger partial charge in [-0.25, -0.2) is 0 Å². The molecular weight excluding hydrogens is 222 g/mol. The van der Waals surface area contributed by atoms with Gasteiger partial charge in [-0.3, -0.25) is 5.41 Å². The third-order valence-corrected chi connectivity index (χ3v) is 4.31. The van der Waals surface area contributed by atoms with E-state index < -0.39 is 0 Å². The number of nitrogens with one attached hydrogen (secondary N) is 1. The molecule has 0 saturated heterocycles. The van der Waals surface area contributed by atoms with Crippen LogP contribution in [-0.2, 0) is 4.74 Å². The quantitative estimate of drug-likeness (QED) is 0.786. The van der Waals surface area contributed by atoms with Crippen LogP contribution >= 0.6 is 0 Å². The molecular formula is C16H19NO. The number of hydrogen-bond acceptors (Lipinski definition) is 2. The van der Waals surface area contributed by atoms with Crippen LogP contribution in [0, 0.1) is 5.41 Å². The van der Waals surface area contributed by atoms with Crippen molar-refractivity contribution in [2.24, 2.45) is 0 Å². The van der Waals surface area contributed by atoms with Crippen molar-refractivity contribution in [1.82, 2.24) is 0 Å². The summed E-state index contributed by atoms with van der Waals surface area (Å²) in [5, 5.41) is 8.16. The van der Waals surface area contributed by atoms with Gasteiger partial charge in [-0.15, -0.1) is 0 Å². The molecule has 1 aliphatic carbocycles. The summed E-state index contributed by atoms with van der Waals surface area (Å²) in [5.74, 6) is 0.362. The van der Waals surface area contributed by atoms with E-state index in [-0.39, 0.29) is 5.60 Å². The van der Waals surface area contributed by atoms with Crippen LogP contribution in [0.5, 0.6) is 0 Å². The molecule has 0 bridgehead atoms. The van der Waals surface area contributed by atoms with Gasteiger partial charge in [0.25, 0.3) is 0 Å². The topological polar surface area (TPSA) is 33.1 Å². The van der Waals surface area contributed by atoms with Gasteiger partial charge < -0.3 is 4.74 Å². The van der Waals surface area contributed by atoms with Gasteiger partial charge >= 0.3 is 0 Å². The predicted molar refractivity (Wildman–Crippen MR) is 73.7 cm³/mol. The first-order chi connectivity index (χ1) is 8.73. The zero-order chi connectivity index (χ0) is 12.6. The van der Waals surface area contributed by atoms with Crippen LogP contribution < -0.4 is 0 Å². The summed E-state index contributed by atoms with van der Waals surface area (Å²) in [7, 11) is 0. The van der Waals surface area contributed by atoms with Gasteiger partial charge in [0.05, 0.1) is 0 Å². The van der Waals surface area contributed by atoms with Crippen molar-refractivity contribution in [2.45, 2.75) is 44.6 Å². The van der Waals surface area contributed by atoms with Gasteiger partial charge in [-0.2, -0.15) is 0 Å². The van der Waals surface area contributed by atoms with Gasteiger partial charge in [-0.1, -0.05) is 36.8 Å². The Bertz CT molecular complexity index is 495. The maximum atomic E-state index is 8.16. The molecule has 0 amide bonds. The Morgan fingerprint density at radius 3 is 2.39 bits per heavy atom. The Hall–Kier alpha value is -1.57. The summed E-state index contributed by atoms with van der Waals surface area (Å²) in [6.45, 7) is 2.15. The number of benzene rings is 1. The minimum Gasteiger partial charge on any atom is -0.466 e. The second-order valence-electron chi connectivity index (χ2n) is 5.35. The summed E-state index contributed by atoms with van der Waals surface area (Å²) in [6.07, 6.45) is 5.86. The fourth-order valence-corrected chi connectivity index (χ4v) is 3.27. The van der Waals surface area contributed by atoms with Crippen LogP contribution in [0.2, 0.25) is 0 Å². The predicted octanol–water partition coefficient (Wildman–Crippen LogP) is 4.17. The van der Waals surface area contributed by atoms with E-state index in [9.17, 15) is 0 Å². The van der Waals surface area contributed by atoms with E-state index in [0.717, 1.165) is 24.0 Å². The van der Waals surface area contributed by atoms with Crippen molar-refractivity contribution < 1.29 is 4.74 Å². The second kappa shape index (κ2) is 4.27. The molecule has 0 aromatic heterocycles. The highest BCUT2D eigenvalue weighted by Gasteiger charge is 2.44. The molecule has 18 heavy (non-hydrogen) atoms. The fraction of sp³-hybridized carbons (Fsp3) is 0.438. The molecule has 2 nitrogen and oxygen atoms in total. The molecule has 1 aromatic carbocycles. The first-order valence-electron chi connectivity index (χ1n) is 6.78. The van der Waals surface area contributed by atoms with Crippen molar-refractivity contribution in [2.75, 3.05) is 0 Å². The van der Waals surface area contributed by atoms with E-state index in [4.69, 9.17) is 10.1 Å². The molecule has 3 rings (SSSR count). The molecule has 2 aliphatic rings. The molecule has 0 unspecified atom stereocenters. The fourth-order valence-electron chi connectivity index (χ4n) is 3.27. The Labute approximate surface area is 108 Å². The van der Waals surface area contributed by atoms with Crippen LogP contribution in [0.3, 0.4) is 0 Å². The Morgan fingerprint density at radius 2 is 1.72 bits per heavy atom. The Morgan fingerprint density at radius 1 is 1.06 bits per heavy atom. The molecule has 1 fully saturated rings. The number of rotatable bonds is 1. The van der Waals surface area contributed by atoms with Crippen molar-refractivity contribution in [3.8, 4) is 0 Å². The minimum absolute atomic E-state index is 0.166. The smallest absolute Gasteiger partial charge is 0.214 e. The summed E-state index contributed by atoms with van der Waals surface area (Å²) >= 11 is 0. The molecule has 0 radical (unpaired) electrons. The minimum atomic E-state index is -0.166. The van der Waals surface area contributed by atoms with Gasteiger partial charge in [0.1, 0.15) is 5.60 Å². The Kier molecular flexibility index (Phi) is 2.73. The lowest BCUT2D eigenvalue weighted by Gasteiger charge is -2.33. The average molecular weight is 241 g/mol. The van der Waals surface area contributed by atoms with Crippen molar-refractivity contribution >= 4 is 11.5 Å². The van der Waals surface area contributed by atoms with E-state index in [0.29, 0.717) is 5.90 Å². The average Bonchev–Trinajstić information content (AvgIpc) is 2.63. The van der Waals surface area contributed by atoms with E-state index in [1.54, 1.807) is 0 Å². The summed E-state index contributed by atoms with van der Waals surface area (Å²) < 4.78 is 5.98. The SMILES string of the molecule is CC1=C(c2ccccc2)C(=N)OC12CCCCC2. The number of hydrogen-bond donors (Lipinski definition) is 1. The zero-order valence-corrected chi connectivity index (χ0v) is 10.8. The molecule has 1 N–H and O–H groups in total. The third kappa shape index (κ3) is 1.67. The molecule has 1 saturated carbocycles. The first-order valence-corrected chi connectivity index (χ1v) is 6.78. The van der Waals surface area contributed by atoms with Gasteiger partial charge in [0, 0.05) is 5.57 Å². The van der Waals surface area contributed by atoms with Crippen LogP contribution in [0.1, 0.15) is 44.6 Å². The highest BCUT2D eigenvalue weighted by atomic mass is 16.5. The van der Waals surface area contributed by atoms with Crippen LogP contribution in [-0.4, -0.2) is 11.5 Å². The lowest BCUT2D eigenvalue weighted by atomic mass is 9.79. The lowest BCUT2D eigenvalue weighted by molar-refractivity contribution is 0.0649. The maximum absolute atomic E-state index is 8.16. The van der Waals surface area contributed by atoms with Crippen molar-refractivity contribution in [3.05, 3.63) is 41.5 Å². The van der Waals surface area contributed by atoms with Crippen molar-refractivity contribution in [3.63, 3.8) is 0 Å². The third-order valence-electron chi connectivity index (χ3n) is 4.31. The molecule has 1 aromatic rings. The first kappa shape index (κ1) is 11.5. The molecule has 0 atom stereocenters. The van der Waals surface area contributed by atoms with Gasteiger partial charge in [0.2, 0.25) is 5.90 Å². The van der Waals surface area contributed by atoms with E-state index in [1.165, 1.54) is 24.8 Å². The van der Waals surface area contributed by atoms with E-state index >= 15 is 0 Å². The summed E-state index contributed by atoms with van der Waals surface area (Å²) in [4.78, 5) is 0. The summed E-state index contributed by atoms with van der Waals surface area (Å²) in [5.41, 5.74) is 3.22. The zero-order valence-electron chi connectivity index (χ0n) is 10.8. The van der Waals surface area contributed by atoms with Crippen LogP contribution in [0.25, 0.3) is 5.57 Å². The van der Waals surface area contributed by atoms with Gasteiger partial charge in [-0.05, 0) is 43.7 Å². The lowest BCUT2D eigenvalue weighted by Crippen LogP contribution is -2.33. The molecule has 2 heteroatoms. The van der Waals surface area contributed by atoms with Crippen LogP contribution in [0.15, 0.2) is 35.9 Å². The highest BCUT2D eigenvalue weighted by molar-refractivity contribution is 6.21. The highest BCUT2D eigenvalue weighted by Crippen LogP contribution is 2.46. The largest absolute Gasteiger partial charge is 0.466 e. The molecule has 94 valence electrons. The van der Waals surface area contributed by atoms with Crippen molar-refractivity contribution in [1.29, 1.82) is 5.41 Å². The van der Waals surface area contributed by atoms with E-state index in [1.807, 2.05) is 18.2 Å². The molecule has 1 aliphatic heterocycles. The maximum Gasteiger partial charge on any atom is 0.214 e. The van der Waals surface area contributed by atoms with Gasteiger partial charge in [0.15, 0.2) is 0 Å². The van der Waals surface area contributed by atoms with E-state index in [2.05, 4.69) is 19.1 Å². The number of ether oxygens (including phenoxy) is 1. The normalized spacial score (nSPS) is 22.4. The second-order valence-corrected chi connectivity index (χ2v) is 5.35. The molecule has 1 spiro atoms. The van der Waals surface area contributed by atoms with Crippen LogP contribution in [0.4, 0.5) is 0 Å². The standard InChI is InChI=1S/C16H19NO/c1-12-14(13-8-4-2-5-9-13)15(17)18-16(12)10-6-3-7-11-16/h2,4-5,8-9,17H,3,6-7,10-11H2,1H3. The summed E-state index contributed by atoms with van der Waals surface area (Å²) in [6, 6.07) is 10.2. The molecule has 1 heterocycles. The Balaban J connectivity index is 2.05.